The number of aromatic amines is 1. The molecule has 1 atom stereocenters. The summed E-state index contributed by atoms with van der Waals surface area (Å²) in [6.45, 7) is 15.7. The van der Waals surface area contributed by atoms with Crippen molar-refractivity contribution in [2.75, 3.05) is 50.1 Å². The number of allylic oxidation sites excluding steroid dienone is 3. The van der Waals surface area contributed by atoms with Gasteiger partial charge in [-0.2, -0.15) is 0 Å². The largest absolute Gasteiger partial charge is 0.453 e. The van der Waals surface area contributed by atoms with E-state index in [1.54, 1.807) is 13.8 Å². The smallest absolute Gasteiger partial charge is 0.411 e. The average Bonchev–Trinajstić information content (AvgIpc) is 3.07. The quantitative estimate of drug-likeness (QED) is 0.144. The van der Waals surface area contributed by atoms with E-state index in [2.05, 4.69) is 47.8 Å². The third-order valence-corrected chi connectivity index (χ3v) is 8.71. The molecule has 16 heteroatoms. The van der Waals surface area contributed by atoms with Crippen molar-refractivity contribution in [3.63, 3.8) is 0 Å². The molecule has 0 fully saturated rings. The molecule has 1 unspecified atom stereocenters. The standard InChI is InChI=1S/C36H49ClN8O7/c1-9-45(25-10-11-26(22(3)16-25)41-27-18-28(42-35(50)51-8)31(47)30(37)24(27)5)14-15-52-34(49)38-13-12-21(2)19-36(6,7)20-39-33(48)44-32-40-23(4)17-29(46)43-32/h10-11,16-18,21H,9,12-15,19-20H2,1-8H3,(H,38,49)(H,42,50)(H3,39,40,43,44,46,48). The summed E-state index contributed by atoms with van der Waals surface area (Å²) in [5, 5.41) is 10.5. The molecule has 3 rings (SSSR count). The Morgan fingerprint density at radius 1 is 1.08 bits per heavy atom. The summed E-state index contributed by atoms with van der Waals surface area (Å²) in [5.74, 6) is -0.175. The number of Topliss-reactive ketones (excluding diaryl/α,β-unsaturated/α-hetero) is 1. The van der Waals surface area contributed by atoms with Gasteiger partial charge in [0.05, 0.1) is 35.8 Å². The summed E-state index contributed by atoms with van der Waals surface area (Å²) in [7, 11) is 1.20. The highest BCUT2D eigenvalue weighted by atomic mass is 35.5. The minimum atomic E-state index is -0.789. The van der Waals surface area contributed by atoms with Crippen molar-refractivity contribution in [2.24, 2.45) is 16.3 Å². The lowest BCUT2D eigenvalue weighted by atomic mass is 9.82. The summed E-state index contributed by atoms with van der Waals surface area (Å²) in [6, 6.07) is 6.62. The van der Waals surface area contributed by atoms with Crippen LogP contribution in [-0.2, 0) is 14.3 Å². The third kappa shape index (κ3) is 12.5. The number of anilines is 2. The van der Waals surface area contributed by atoms with E-state index in [-0.39, 0.29) is 40.2 Å². The molecule has 0 radical (unpaired) electrons. The van der Waals surface area contributed by atoms with Crippen LogP contribution in [-0.4, -0.2) is 79.6 Å². The van der Waals surface area contributed by atoms with Crippen LogP contribution in [0.4, 0.5) is 31.7 Å². The van der Waals surface area contributed by atoms with E-state index in [0.717, 1.165) is 24.1 Å². The lowest BCUT2D eigenvalue weighted by Crippen LogP contribution is -2.38. The number of nitrogens with zero attached hydrogens (tertiary/aromatic N) is 3. The fourth-order valence-corrected chi connectivity index (χ4v) is 5.79. The van der Waals surface area contributed by atoms with E-state index in [0.29, 0.717) is 48.8 Å². The number of hydrogen-bond donors (Lipinski definition) is 5. The zero-order chi connectivity index (χ0) is 38.6. The molecular weight excluding hydrogens is 692 g/mol. The van der Waals surface area contributed by atoms with Gasteiger partial charge in [-0.3, -0.25) is 25.2 Å². The van der Waals surface area contributed by atoms with Crippen LogP contribution in [0.5, 0.6) is 0 Å². The van der Waals surface area contributed by atoms with Crippen molar-refractivity contribution < 1.29 is 28.7 Å². The zero-order valence-corrected chi connectivity index (χ0v) is 31.7. The molecule has 15 nitrogen and oxygen atoms in total. The molecule has 5 N–H and O–H groups in total. The highest BCUT2D eigenvalue weighted by molar-refractivity contribution is 6.49. The van der Waals surface area contributed by atoms with Crippen LogP contribution in [0.15, 0.2) is 56.4 Å². The van der Waals surface area contributed by atoms with E-state index in [4.69, 9.17) is 21.3 Å². The summed E-state index contributed by atoms with van der Waals surface area (Å²) in [4.78, 5) is 73.9. The number of rotatable bonds is 15. The van der Waals surface area contributed by atoms with E-state index >= 15 is 0 Å². The number of alkyl carbamates (subject to hydrolysis) is 2. The van der Waals surface area contributed by atoms with Crippen LogP contribution < -0.4 is 31.7 Å². The van der Waals surface area contributed by atoms with Gasteiger partial charge in [-0.15, -0.1) is 0 Å². The molecule has 0 spiro atoms. The highest BCUT2D eigenvalue weighted by Gasteiger charge is 2.26. The normalized spacial score (nSPS) is 14.4. The SMILES string of the molecule is CCN(CCOC(=O)NCCC(C)CC(C)(C)CNC(=O)Nc1nc(C)cc(=O)[nH]1)c1ccc(N=C2C=C(NC(=O)OC)C(=O)C(Cl)=C2C)c(C)c1. The Kier molecular flexibility index (Phi) is 15.0. The molecule has 0 aliphatic heterocycles. The van der Waals surface area contributed by atoms with Gasteiger partial charge in [-0.25, -0.2) is 24.4 Å². The van der Waals surface area contributed by atoms with Gasteiger partial charge in [0.2, 0.25) is 11.7 Å². The number of urea groups is 1. The second-order valence-corrected chi connectivity index (χ2v) is 13.7. The summed E-state index contributed by atoms with van der Waals surface area (Å²) < 4.78 is 10.0. The zero-order valence-electron chi connectivity index (χ0n) is 31.0. The summed E-state index contributed by atoms with van der Waals surface area (Å²) in [5.41, 5.74) is 3.28. The molecule has 0 saturated heterocycles. The van der Waals surface area contributed by atoms with E-state index in [9.17, 15) is 24.0 Å². The fraction of sp³-hybridized carbons (Fsp3) is 0.472. The first kappa shape index (κ1) is 41.2. The number of carbonyl (C=O) groups is 4. The Bertz CT molecular complexity index is 1800. The number of ketones is 1. The Morgan fingerprint density at radius 2 is 1.81 bits per heavy atom. The maximum Gasteiger partial charge on any atom is 0.411 e. The van der Waals surface area contributed by atoms with Gasteiger partial charge in [0.25, 0.3) is 5.56 Å². The molecule has 0 bridgehead atoms. The van der Waals surface area contributed by atoms with Gasteiger partial charge < -0.3 is 25.0 Å². The molecule has 1 aliphatic rings. The second kappa shape index (κ2) is 18.9. The van der Waals surface area contributed by atoms with Gasteiger partial charge in [0.15, 0.2) is 0 Å². The number of ether oxygens (including phenoxy) is 2. The minimum absolute atomic E-state index is 0.0276. The van der Waals surface area contributed by atoms with Gasteiger partial charge in [0, 0.05) is 37.1 Å². The highest BCUT2D eigenvalue weighted by Crippen LogP contribution is 2.29. The minimum Gasteiger partial charge on any atom is -0.453 e. The van der Waals surface area contributed by atoms with Crippen molar-refractivity contribution in [2.45, 2.75) is 61.3 Å². The maximum atomic E-state index is 12.5. The number of aliphatic imine (C=N–C) groups is 1. The molecule has 1 aliphatic carbocycles. The van der Waals surface area contributed by atoms with Crippen LogP contribution in [0.3, 0.4) is 0 Å². The number of carbonyl (C=O) groups excluding carboxylic acids is 4. The van der Waals surface area contributed by atoms with Crippen LogP contribution in [0.1, 0.15) is 58.7 Å². The lowest BCUT2D eigenvalue weighted by molar-refractivity contribution is -0.112. The molecular formula is C36H49ClN8O7. The molecule has 282 valence electrons. The number of aromatic nitrogens is 2. The number of benzene rings is 1. The number of amides is 4. The molecule has 1 heterocycles. The predicted octanol–water partition coefficient (Wildman–Crippen LogP) is 5.61. The number of likely N-dealkylation sites (N-methyl/N-ethyl adjacent to an activating group) is 1. The summed E-state index contributed by atoms with van der Waals surface area (Å²) >= 11 is 6.25. The lowest BCUT2D eigenvalue weighted by Gasteiger charge is -2.28. The monoisotopic (exact) mass is 740 g/mol. The number of halogens is 1. The second-order valence-electron chi connectivity index (χ2n) is 13.4. The van der Waals surface area contributed by atoms with Gasteiger partial charge >= 0.3 is 18.2 Å². The Balaban J connectivity index is 1.44. The Morgan fingerprint density at radius 3 is 2.46 bits per heavy atom. The van der Waals surface area contributed by atoms with E-state index in [1.807, 2.05) is 45.9 Å². The van der Waals surface area contributed by atoms with Crippen molar-refractivity contribution >= 4 is 58.6 Å². The van der Waals surface area contributed by atoms with Crippen molar-refractivity contribution in [3.05, 3.63) is 68.3 Å². The third-order valence-electron chi connectivity index (χ3n) is 8.26. The van der Waals surface area contributed by atoms with Crippen molar-refractivity contribution in [1.82, 2.24) is 25.9 Å². The number of hydrogen-bond acceptors (Lipinski definition) is 10. The molecule has 2 aromatic rings. The number of nitrogens with one attached hydrogen (secondary N) is 5. The van der Waals surface area contributed by atoms with E-state index < -0.39 is 24.0 Å². The molecule has 1 aromatic heterocycles. The fourth-order valence-electron chi connectivity index (χ4n) is 5.59. The topological polar surface area (TPSA) is 196 Å². The van der Waals surface area contributed by atoms with E-state index in [1.165, 1.54) is 19.3 Å². The summed E-state index contributed by atoms with van der Waals surface area (Å²) in [6.07, 6.45) is 1.71. The molecule has 0 saturated carbocycles. The van der Waals surface area contributed by atoms with Gasteiger partial charge in [-0.05, 0) is 87.3 Å². The first-order chi connectivity index (χ1) is 24.5. The number of methoxy groups -OCH3 is 1. The first-order valence-corrected chi connectivity index (χ1v) is 17.4. The Hall–Kier alpha value is -5.18. The average molecular weight is 741 g/mol. The Labute approximate surface area is 308 Å². The molecule has 4 amide bonds. The van der Waals surface area contributed by atoms with Crippen molar-refractivity contribution in [3.8, 4) is 0 Å². The van der Waals surface area contributed by atoms with Crippen molar-refractivity contribution in [1.29, 1.82) is 0 Å². The van der Waals surface area contributed by atoms with Gasteiger partial charge in [0.1, 0.15) is 6.61 Å². The van der Waals surface area contributed by atoms with Crippen LogP contribution in [0, 0.1) is 25.2 Å². The van der Waals surface area contributed by atoms with Crippen LogP contribution >= 0.6 is 11.6 Å². The predicted molar refractivity (Wildman–Crippen MR) is 201 cm³/mol. The maximum absolute atomic E-state index is 12.5. The van der Waals surface area contributed by atoms with Gasteiger partial charge in [-0.1, -0.05) is 32.4 Å². The van der Waals surface area contributed by atoms with Crippen LogP contribution in [0.25, 0.3) is 0 Å². The molecule has 52 heavy (non-hydrogen) atoms. The number of aryl methyl sites for hydroxylation is 2. The number of H-pyrrole nitrogens is 1. The van der Waals surface area contributed by atoms with Crippen LogP contribution in [0.2, 0.25) is 0 Å². The first-order valence-electron chi connectivity index (χ1n) is 17.0. The molecule has 1 aromatic carbocycles.